The highest BCUT2D eigenvalue weighted by Crippen LogP contribution is 2.20. The zero-order chi connectivity index (χ0) is 10.4. The average molecular weight is 207 g/mol. The summed E-state index contributed by atoms with van der Waals surface area (Å²) in [4.78, 5) is 10.8. The van der Waals surface area contributed by atoms with E-state index in [0.29, 0.717) is 5.75 Å². The third-order valence-electron chi connectivity index (χ3n) is 1.47. The van der Waals surface area contributed by atoms with Crippen molar-refractivity contribution in [2.75, 3.05) is 5.75 Å². The quantitative estimate of drug-likeness (QED) is 0.327. The summed E-state index contributed by atoms with van der Waals surface area (Å²) in [6.45, 7) is 0. The van der Waals surface area contributed by atoms with E-state index in [4.69, 9.17) is 5.41 Å². The second-order valence-electron chi connectivity index (χ2n) is 2.40. The Morgan fingerprint density at radius 1 is 1.50 bits per heavy atom. The van der Waals surface area contributed by atoms with Crippen molar-refractivity contribution in [3.05, 3.63) is 40.5 Å². The maximum atomic E-state index is 10.3. The van der Waals surface area contributed by atoms with Gasteiger partial charge in [-0.1, -0.05) is 5.41 Å². The van der Waals surface area contributed by atoms with Gasteiger partial charge < -0.3 is 0 Å². The molecule has 1 aromatic rings. The highest BCUT2D eigenvalue weighted by molar-refractivity contribution is 7.99. The van der Waals surface area contributed by atoms with E-state index >= 15 is 0 Å². The van der Waals surface area contributed by atoms with E-state index in [1.807, 2.05) is 5.87 Å². The maximum Gasteiger partial charge on any atom is 0.269 e. The fourth-order valence-corrected chi connectivity index (χ4v) is 1.52. The van der Waals surface area contributed by atoms with Crippen LogP contribution < -0.4 is 5.41 Å². The van der Waals surface area contributed by atoms with E-state index in [2.05, 4.69) is 0 Å². The molecular formula is C9H7N2O2S. The maximum absolute atomic E-state index is 10.3. The Kier molecular flexibility index (Phi) is 3.91. The Labute approximate surface area is 85.3 Å². The summed E-state index contributed by atoms with van der Waals surface area (Å²) in [5, 5.41) is 18.6. The molecule has 14 heavy (non-hydrogen) atoms. The largest absolute Gasteiger partial charge is 0.269 e. The highest BCUT2D eigenvalue weighted by atomic mass is 32.2. The van der Waals surface area contributed by atoms with Crippen LogP contribution in [0.2, 0.25) is 0 Å². The normalized spacial score (nSPS) is 9.14. The number of rotatable bonds is 4. The Hall–Kier alpha value is -1.58. The Balaban J connectivity index is 2.64. The van der Waals surface area contributed by atoms with E-state index < -0.39 is 4.92 Å². The minimum absolute atomic E-state index is 0.0820. The van der Waals surface area contributed by atoms with Crippen LogP contribution in [-0.2, 0) is 0 Å². The highest BCUT2D eigenvalue weighted by Gasteiger charge is 2.03. The Morgan fingerprint density at radius 2 is 2.14 bits per heavy atom. The van der Waals surface area contributed by atoms with Crippen molar-refractivity contribution < 1.29 is 4.92 Å². The number of nitrogens with zero attached hydrogens (tertiary/aromatic N) is 2. The van der Waals surface area contributed by atoms with Crippen LogP contribution in [0, 0.1) is 10.1 Å². The molecule has 0 aromatic heterocycles. The zero-order valence-electron chi connectivity index (χ0n) is 7.21. The van der Waals surface area contributed by atoms with Crippen molar-refractivity contribution >= 4 is 23.3 Å². The number of nitro benzene ring substituents is 1. The van der Waals surface area contributed by atoms with Gasteiger partial charge in [0.2, 0.25) is 0 Å². The first-order valence-electron chi connectivity index (χ1n) is 3.82. The van der Waals surface area contributed by atoms with Crippen molar-refractivity contribution in [1.29, 1.82) is 0 Å². The van der Waals surface area contributed by atoms with Gasteiger partial charge in [-0.15, -0.1) is 11.8 Å². The van der Waals surface area contributed by atoms with Crippen molar-refractivity contribution in [2.45, 2.75) is 4.90 Å². The second-order valence-corrected chi connectivity index (χ2v) is 3.49. The van der Waals surface area contributed by atoms with Crippen molar-refractivity contribution in [1.82, 2.24) is 5.41 Å². The fraction of sp³-hybridized carbons (Fsp3) is 0.111. The van der Waals surface area contributed by atoms with Gasteiger partial charge >= 0.3 is 0 Å². The minimum atomic E-state index is -0.435. The molecule has 0 fully saturated rings. The Morgan fingerprint density at radius 3 is 2.64 bits per heavy atom. The SMILES string of the molecule is [N]=C=CCSc1ccc([N+](=O)[O-])cc1. The molecule has 0 N–H and O–H groups in total. The average Bonchev–Trinajstić information content (AvgIpc) is 2.19. The lowest BCUT2D eigenvalue weighted by molar-refractivity contribution is -0.384. The molecule has 0 bridgehead atoms. The fourth-order valence-electron chi connectivity index (χ4n) is 0.839. The van der Waals surface area contributed by atoms with Crippen LogP contribution in [0.1, 0.15) is 0 Å². The van der Waals surface area contributed by atoms with Crippen molar-refractivity contribution in [3.8, 4) is 0 Å². The molecule has 0 atom stereocenters. The minimum Gasteiger partial charge on any atom is -0.258 e. The van der Waals surface area contributed by atoms with Gasteiger partial charge in [0.05, 0.1) is 4.92 Å². The molecule has 1 aromatic carbocycles. The van der Waals surface area contributed by atoms with Gasteiger partial charge in [-0.25, -0.2) is 0 Å². The molecule has 1 radical (unpaired) electrons. The molecule has 0 aliphatic rings. The molecule has 4 nitrogen and oxygen atoms in total. The lowest BCUT2D eigenvalue weighted by Crippen LogP contribution is -1.86. The van der Waals surface area contributed by atoms with Crippen LogP contribution >= 0.6 is 11.8 Å². The number of hydrogen-bond acceptors (Lipinski definition) is 3. The molecule has 5 heteroatoms. The zero-order valence-corrected chi connectivity index (χ0v) is 8.03. The molecule has 0 spiro atoms. The van der Waals surface area contributed by atoms with Gasteiger partial charge in [0.15, 0.2) is 0 Å². The van der Waals surface area contributed by atoms with Crippen LogP contribution in [-0.4, -0.2) is 16.5 Å². The monoisotopic (exact) mass is 207 g/mol. The van der Waals surface area contributed by atoms with Crippen LogP contribution in [0.25, 0.3) is 0 Å². The van der Waals surface area contributed by atoms with Crippen LogP contribution in [0.3, 0.4) is 0 Å². The van der Waals surface area contributed by atoms with Gasteiger partial charge in [0.1, 0.15) is 0 Å². The number of non-ortho nitro benzene ring substituents is 1. The van der Waals surface area contributed by atoms with Gasteiger partial charge in [0, 0.05) is 28.7 Å². The van der Waals surface area contributed by atoms with E-state index in [9.17, 15) is 10.1 Å². The van der Waals surface area contributed by atoms with Gasteiger partial charge in [0.25, 0.3) is 5.69 Å². The molecular weight excluding hydrogens is 200 g/mol. The first-order chi connectivity index (χ1) is 6.74. The lowest BCUT2D eigenvalue weighted by Gasteiger charge is -1.96. The van der Waals surface area contributed by atoms with Gasteiger partial charge in [-0.05, 0) is 18.2 Å². The summed E-state index contributed by atoms with van der Waals surface area (Å²) >= 11 is 1.46. The number of nitro groups is 1. The molecule has 71 valence electrons. The molecule has 0 aliphatic heterocycles. The third kappa shape index (κ3) is 3.05. The molecule has 1 rings (SSSR count). The van der Waals surface area contributed by atoms with E-state index in [0.717, 1.165) is 4.90 Å². The predicted octanol–water partition coefficient (Wildman–Crippen LogP) is 1.71. The van der Waals surface area contributed by atoms with Crippen molar-refractivity contribution in [2.24, 2.45) is 0 Å². The van der Waals surface area contributed by atoms with Crippen LogP contribution in [0.15, 0.2) is 35.2 Å². The summed E-state index contributed by atoms with van der Waals surface area (Å²) in [5.74, 6) is 2.51. The van der Waals surface area contributed by atoms with Crippen LogP contribution in [0.5, 0.6) is 0 Å². The standard InChI is InChI=1S/C9H7N2O2S/c10-6-1-7-14-9-4-2-8(3-5-9)11(12)13/h1-5H,7H2. The number of benzene rings is 1. The molecule has 0 aliphatic carbocycles. The van der Waals surface area contributed by atoms with E-state index in [1.54, 1.807) is 12.1 Å². The summed E-state index contributed by atoms with van der Waals surface area (Å²) in [5.41, 5.74) is 0.0820. The lowest BCUT2D eigenvalue weighted by atomic mass is 10.3. The smallest absolute Gasteiger partial charge is 0.258 e. The van der Waals surface area contributed by atoms with E-state index in [1.165, 1.54) is 30.0 Å². The van der Waals surface area contributed by atoms with Crippen molar-refractivity contribution in [3.63, 3.8) is 0 Å². The first-order valence-corrected chi connectivity index (χ1v) is 4.81. The number of hydrogen-bond donors (Lipinski definition) is 0. The predicted molar refractivity (Wildman–Crippen MR) is 55.5 cm³/mol. The van der Waals surface area contributed by atoms with Gasteiger partial charge in [-0.2, -0.15) is 0 Å². The molecule has 0 saturated heterocycles. The summed E-state index contributed by atoms with van der Waals surface area (Å²) in [6, 6.07) is 6.26. The summed E-state index contributed by atoms with van der Waals surface area (Å²) in [7, 11) is 0. The molecule has 0 saturated carbocycles. The van der Waals surface area contributed by atoms with Gasteiger partial charge in [-0.3, -0.25) is 10.1 Å². The topological polar surface area (TPSA) is 65.4 Å². The summed E-state index contributed by atoms with van der Waals surface area (Å²) in [6.07, 6.45) is 1.48. The third-order valence-corrected chi connectivity index (χ3v) is 2.41. The Bertz CT molecular complexity index is 369. The first kappa shape index (κ1) is 10.5. The second kappa shape index (κ2) is 5.21. The number of thioether (sulfide) groups is 1. The van der Waals surface area contributed by atoms with Crippen LogP contribution in [0.4, 0.5) is 5.69 Å². The molecule has 0 heterocycles. The van der Waals surface area contributed by atoms with E-state index in [-0.39, 0.29) is 5.69 Å². The summed E-state index contributed by atoms with van der Waals surface area (Å²) < 4.78 is 0. The molecule has 0 unspecified atom stereocenters. The molecule has 0 amide bonds.